The van der Waals surface area contributed by atoms with Crippen LogP contribution in [0.3, 0.4) is 0 Å². The van der Waals surface area contributed by atoms with Gasteiger partial charge in [-0.15, -0.1) is 0 Å². The molecule has 3 N–H and O–H groups in total. The maximum absolute atomic E-state index is 13.6. The molecule has 0 spiro atoms. The SMILES string of the molecule is CC1=C(/C=C(\C=O)c2c(C)cccc2N)NCC2=C1C(=O)N(CCN1CCCCC1)CCC2. The minimum atomic E-state index is 0.132. The first-order valence-corrected chi connectivity index (χ1v) is 12.2. The number of nitrogen functional groups attached to an aromatic ring is 1. The summed E-state index contributed by atoms with van der Waals surface area (Å²) in [5.74, 6) is 0.132. The van der Waals surface area contributed by atoms with Gasteiger partial charge in [0.25, 0.3) is 5.91 Å². The predicted molar refractivity (Wildman–Crippen MR) is 133 cm³/mol. The summed E-state index contributed by atoms with van der Waals surface area (Å²) in [5, 5.41) is 3.46. The molecule has 6 heteroatoms. The van der Waals surface area contributed by atoms with E-state index in [2.05, 4.69) is 10.2 Å². The monoisotopic (exact) mass is 448 g/mol. The highest BCUT2D eigenvalue weighted by molar-refractivity contribution is 6.10. The molecule has 1 aromatic carbocycles. The van der Waals surface area contributed by atoms with Gasteiger partial charge in [0.2, 0.25) is 0 Å². The zero-order valence-electron chi connectivity index (χ0n) is 20.0. The zero-order valence-corrected chi connectivity index (χ0v) is 20.0. The number of likely N-dealkylation sites (tertiary alicyclic amines) is 1. The molecule has 0 aliphatic carbocycles. The van der Waals surface area contributed by atoms with Crippen molar-refractivity contribution in [2.75, 3.05) is 45.0 Å². The molecule has 3 aliphatic heterocycles. The van der Waals surface area contributed by atoms with Gasteiger partial charge in [0.15, 0.2) is 6.29 Å². The molecular weight excluding hydrogens is 412 g/mol. The number of dihydropyridines is 1. The molecule has 3 heterocycles. The van der Waals surface area contributed by atoms with E-state index in [0.29, 0.717) is 17.8 Å². The summed E-state index contributed by atoms with van der Waals surface area (Å²) in [5.41, 5.74) is 12.8. The van der Waals surface area contributed by atoms with Crippen molar-refractivity contribution in [3.63, 3.8) is 0 Å². The second kappa shape index (κ2) is 10.4. The molecule has 0 aromatic heterocycles. The van der Waals surface area contributed by atoms with E-state index < -0.39 is 0 Å². The number of nitrogens with two attached hydrogens (primary N) is 1. The first-order valence-electron chi connectivity index (χ1n) is 12.2. The fraction of sp³-hybridized carbons (Fsp3) is 0.481. The Hall–Kier alpha value is -2.86. The van der Waals surface area contributed by atoms with Crippen LogP contribution in [0.1, 0.15) is 50.2 Å². The van der Waals surface area contributed by atoms with E-state index in [1.807, 2.05) is 43.0 Å². The predicted octanol–water partition coefficient (Wildman–Crippen LogP) is 3.44. The highest BCUT2D eigenvalue weighted by atomic mass is 16.2. The van der Waals surface area contributed by atoms with Gasteiger partial charge < -0.3 is 20.9 Å². The number of aryl methyl sites for hydroxylation is 1. The number of aldehydes is 1. The quantitative estimate of drug-likeness (QED) is 0.396. The maximum Gasteiger partial charge on any atom is 0.254 e. The van der Waals surface area contributed by atoms with Gasteiger partial charge >= 0.3 is 0 Å². The van der Waals surface area contributed by atoms with E-state index in [-0.39, 0.29) is 5.91 Å². The van der Waals surface area contributed by atoms with E-state index in [0.717, 1.165) is 79.8 Å². The van der Waals surface area contributed by atoms with Crippen LogP contribution >= 0.6 is 0 Å². The first-order chi connectivity index (χ1) is 16.0. The number of nitrogens with zero attached hydrogens (tertiary/aromatic N) is 2. The number of carbonyl (C=O) groups is 2. The fourth-order valence-electron chi connectivity index (χ4n) is 5.31. The summed E-state index contributed by atoms with van der Waals surface area (Å²) >= 11 is 0. The Morgan fingerprint density at radius 1 is 1.09 bits per heavy atom. The Kier molecular flexibility index (Phi) is 7.33. The van der Waals surface area contributed by atoms with Crippen molar-refractivity contribution in [1.82, 2.24) is 15.1 Å². The van der Waals surface area contributed by atoms with Crippen molar-refractivity contribution in [2.45, 2.75) is 46.0 Å². The third-order valence-electron chi connectivity index (χ3n) is 7.19. The summed E-state index contributed by atoms with van der Waals surface area (Å²) in [4.78, 5) is 30.2. The van der Waals surface area contributed by atoms with Crippen LogP contribution in [0.4, 0.5) is 5.69 Å². The largest absolute Gasteiger partial charge is 0.398 e. The van der Waals surface area contributed by atoms with Gasteiger partial charge in [0.05, 0.1) is 0 Å². The van der Waals surface area contributed by atoms with Crippen molar-refractivity contribution in [3.8, 4) is 0 Å². The van der Waals surface area contributed by atoms with Crippen molar-refractivity contribution < 1.29 is 9.59 Å². The number of amides is 1. The number of piperidine rings is 1. The van der Waals surface area contributed by atoms with E-state index in [1.165, 1.54) is 24.8 Å². The molecule has 1 amide bonds. The molecule has 0 unspecified atom stereocenters. The average molecular weight is 449 g/mol. The second-order valence-corrected chi connectivity index (χ2v) is 9.43. The molecular formula is C27H36N4O2. The molecule has 1 fully saturated rings. The summed E-state index contributed by atoms with van der Waals surface area (Å²) in [6.45, 7) is 9.40. The Balaban J connectivity index is 1.60. The van der Waals surface area contributed by atoms with E-state index >= 15 is 0 Å². The van der Waals surface area contributed by atoms with Crippen LogP contribution in [-0.4, -0.2) is 61.3 Å². The van der Waals surface area contributed by atoms with Crippen LogP contribution in [0.2, 0.25) is 0 Å². The van der Waals surface area contributed by atoms with Crippen LogP contribution in [0, 0.1) is 6.92 Å². The van der Waals surface area contributed by atoms with Gasteiger partial charge in [-0.1, -0.05) is 18.6 Å². The van der Waals surface area contributed by atoms with Gasteiger partial charge in [-0.25, -0.2) is 0 Å². The number of benzene rings is 1. The van der Waals surface area contributed by atoms with Gasteiger partial charge in [-0.3, -0.25) is 9.59 Å². The van der Waals surface area contributed by atoms with Gasteiger partial charge in [-0.05, 0) is 81.5 Å². The maximum atomic E-state index is 13.6. The smallest absolute Gasteiger partial charge is 0.254 e. The normalized spacial score (nSPS) is 20.5. The summed E-state index contributed by atoms with van der Waals surface area (Å²) in [7, 11) is 0. The summed E-state index contributed by atoms with van der Waals surface area (Å²) in [6, 6.07) is 5.65. The fourth-order valence-corrected chi connectivity index (χ4v) is 5.31. The number of hydrogen-bond acceptors (Lipinski definition) is 5. The summed E-state index contributed by atoms with van der Waals surface area (Å²) in [6.07, 6.45) is 8.46. The Labute approximate surface area is 197 Å². The minimum absolute atomic E-state index is 0.132. The minimum Gasteiger partial charge on any atom is -0.398 e. The lowest BCUT2D eigenvalue weighted by Gasteiger charge is -2.30. The number of allylic oxidation sites excluding steroid dienone is 2. The Morgan fingerprint density at radius 2 is 1.88 bits per heavy atom. The topological polar surface area (TPSA) is 78.7 Å². The third-order valence-corrected chi connectivity index (χ3v) is 7.19. The molecule has 0 radical (unpaired) electrons. The summed E-state index contributed by atoms with van der Waals surface area (Å²) < 4.78 is 0. The second-order valence-electron chi connectivity index (χ2n) is 9.43. The van der Waals surface area contributed by atoms with Crippen molar-refractivity contribution >= 4 is 23.5 Å². The third kappa shape index (κ3) is 5.06. The van der Waals surface area contributed by atoms with Crippen LogP contribution in [-0.2, 0) is 9.59 Å². The molecule has 0 saturated carbocycles. The molecule has 176 valence electrons. The van der Waals surface area contributed by atoms with Crippen molar-refractivity contribution in [1.29, 1.82) is 0 Å². The van der Waals surface area contributed by atoms with Crippen molar-refractivity contribution in [3.05, 3.63) is 57.8 Å². The van der Waals surface area contributed by atoms with Crippen LogP contribution in [0.5, 0.6) is 0 Å². The van der Waals surface area contributed by atoms with E-state index in [4.69, 9.17) is 5.73 Å². The lowest BCUT2D eigenvalue weighted by molar-refractivity contribution is -0.127. The van der Waals surface area contributed by atoms with E-state index in [9.17, 15) is 9.59 Å². The standard InChI is InChI=1S/C27H36N4O2/c1-19-8-6-10-23(28)25(19)22(18-32)16-24-20(2)26-21(17-29-24)9-7-13-31(27(26)33)15-14-30-11-4-3-5-12-30/h6,8,10,16,18,29H,3-5,7,9,11-15,17,28H2,1-2H3/b22-16+. The Morgan fingerprint density at radius 3 is 2.61 bits per heavy atom. The lowest BCUT2D eigenvalue weighted by atomic mass is 9.91. The molecule has 0 bridgehead atoms. The number of rotatable bonds is 6. The zero-order chi connectivity index (χ0) is 23.4. The van der Waals surface area contributed by atoms with Crippen molar-refractivity contribution in [2.24, 2.45) is 0 Å². The average Bonchev–Trinajstić information content (AvgIpc) is 2.97. The number of hydrogen-bond donors (Lipinski definition) is 2. The molecule has 4 rings (SSSR count). The van der Waals surface area contributed by atoms with Crippen LogP contribution in [0.25, 0.3) is 5.57 Å². The molecule has 3 aliphatic rings. The highest BCUT2D eigenvalue weighted by Gasteiger charge is 2.30. The molecule has 1 aromatic rings. The molecule has 1 saturated heterocycles. The Bertz CT molecular complexity index is 995. The lowest BCUT2D eigenvalue weighted by Crippen LogP contribution is -2.41. The number of carbonyl (C=O) groups excluding carboxylic acids is 2. The molecule has 33 heavy (non-hydrogen) atoms. The van der Waals surface area contributed by atoms with Crippen LogP contribution < -0.4 is 11.1 Å². The highest BCUT2D eigenvalue weighted by Crippen LogP contribution is 2.32. The van der Waals surface area contributed by atoms with Crippen LogP contribution in [0.15, 0.2) is 46.7 Å². The number of nitrogens with one attached hydrogen (secondary N) is 1. The van der Waals surface area contributed by atoms with E-state index in [1.54, 1.807) is 0 Å². The molecule has 6 nitrogen and oxygen atoms in total. The van der Waals surface area contributed by atoms with Gasteiger partial charge in [0.1, 0.15) is 0 Å². The van der Waals surface area contributed by atoms with Gasteiger partial charge in [-0.2, -0.15) is 0 Å². The number of anilines is 1. The van der Waals surface area contributed by atoms with Gasteiger partial charge in [0, 0.05) is 54.3 Å². The molecule has 0 atom stereocenters. The first kappa shape index (κ1) is 23.3.